The lowest BCUT2D eigenvalue weighted by atomic mass is 9.65. The molecule has 0 N–H and O–H groups in total. The molecule has 0 radical (unpaired) electrons. The van der Waals surface area contributed by atoms with Gasteiger partial charge in [-0.05, 0) is 42.9 Å². The molecule has 0 aromatic rings. The fourth-order valence-corrected chi connectivity index (χ4v) is 4.13. The first-order valence-electron chi connectivity index (χ1n) is 7.60. The van der Waals surface area contributed by atoms with Gasteiger partial charge >= 0.3 is 0 Å². The Labute approximate surface area is 115 Å². The van der Waals surface area contributed by atoms with E-state index in [1.807, 2.05) is 0 Å². The molecule has 0 bridgehead atoms. The van der Waals surface area contributed by atoms with Crippen LogP contribution in [0.2, 0.25) is 0 Å². The zero-order chi connectivity index (χ0) is 14.3. The van der Waals surface area contributed by atoms with Gasteiger partial charge in [0.1, 0.15) is 5.78 Å². The summed E-state index contributed by atoms with van der Waals surface area (Å²) < 4.78 is 26.5. The van der Waals surface area contributed by atoms with Gasteiger partial charge < -0.3 is 0 Å². The number of Topliss-reactive ketones (excluding diaryl/α,β-unsaturated/α-hetero) is 1. The van der Waals surface area contributed by atoms with E-state index in [0.29, 0.717) is 24.5 Å². The molecule has 0 aliphatic heterocycles. The summed E-state index contributed by atoms with van der Waals surface area (Å²) in [5, 5.41) is 0. The second-order valence-corrected chi connectivity index (χ2v) is 7.56. The van der Waals surface area contributed by atoms with E-state index in [4.69, 9.17) is 0 Å². The van der Waals surface area contributed by atoms with E-state index in [2.05, 4.69) is 20.8 Å². The number of carbonyl (C=O) groups is 1. The van der Waals surface area contributed by atoms with Crippen LogP contribution in [0.1, 0.15) is 65.7 Å². The van der Waals surface area contributed by atoms with E-state index in [9.17, 15) is 13.6 Å². The fraction of sp³-hybridized carbons (Fsp3) is 0.938. The summed E-state index contributed by atoms with van der Waals surface area (Å²) in [5.41, 5.74) is -0.123. The van der Waals surface area contributed by atoms with Crippen LogP contribution in [0.15, 0.2) is 0 Å². The maximum Gasteiger partial charge on any atom is 0.248 e. The predicted molar refractivity (Wildman–Crippen MR) is 72.2 cm³/mol. The second-order valence-electron chi connectivity index (χ2n) is 7.56. The molecule has 1 nitrogen and oxygen atoms in total. The van der Waals surface area contributed by atoms with Crippen molar-refractivity contribution in [2.75, 3.05) is 0 Å². The summed E-state index contributed by atoms with van der Waals surface area (Å²) in [6.07, 6.45) is 4.16. The molecule has 2 fully saturated rings. The van der Waals surface area contributed by atoms with Gasteiger partial charge in [-0.1, -0.05) is 20.8 Å². The molecule has 2 aliphatic carbocycles. The van der Waals surface area contributed by atoms with Crippen molar-refractivity contribution in [3.05, 3.63) is 0 Å². The van der Waals surface area contributed by atoms with Crippen LogP contribution < -0.4 is 0 Å². The molecule has 2 saturated carbocycles. The summed E-state index contributed by atoms with van der Waals surface area (Å²) in [6, 6.07) is 0. The van der Waals surface area contributed by atoms with E-state index in [1.165, 1.54) is 0 Å². The first-order valence-corrected chi connectivity index (χ1v) is 7.60. The molecule has 0 aromatic carbocycles. The highest BCUT2D eigenvalue weighted by atomic mass is 19.3. The van der Waals surface area contributed by atoms with Crippen molar-refractivity contribution in [2.24, 2.45) is 23.2 Å². The summed E-state index contributed by atoms with van der Waals surface area (Å²) in [6.45, 7) is 6.32. The van der Waals surface area contributed by atoms with Crippen molar-refractivity contribution < 1.29 is 13.6 Å². The predicted octanol–water partition coefficient (Wildman–Crippen LogP) is 4.84. The molecular weight excluding hydrogens is 246 g/mol. The lowest BCUT2D eigenvalue weighted by Gasteiger charge is -2.39. The number of carbonyl (C=O) groups excluding carboxylic acids is 1. The molecule has 0 saturated heterocycles. The normalized spacial score (nSPS) is 35.6. The molecule has 3 unspecified atom stereocenters. The van der Waals surface area contributed by atoms with Crippen LogP contribution in [-0.2, 0) is 4.79 Å². The molecular formula is C16H26F2O. The third-order valence-corrected chi connectivity index (χ3v) is 5.15. The second kappa shape index (κ2) is 5.14. The third-order valence-electron chi connectivity index (χ3n) is 5.15. The number of hydrogen-bond acceptors (Lipinski definition) is 1. The van der Waals surface area contributed by atoms with Gasteiger partial charge in [0.25, 0.3) is 0 Å². The Balaban J connectivity index is 1.96. The molecule has 3 heteroatoms. The van der Waals surface area contributed by atoms with Crippen LogP contribution in [0, 0.1) is 23.2 Å². The largest absolute Gasteiger partial charge is 0.299 e. The van der Waals surface area contributed by atoms with Crippen LogP contribution in [-0.4, -0.2) is 11.7 Å². The smallest absolute Gasteiger partial charge is 0.248 e. The van der Waals surface area contributed by atoms with Crippen molar-refractivity contribution in [3.8, 4) is 0 Å². The Hall–Kier alpha value is -0.470. The average Bonchev–Trinajstić information content (AvgIpc) is 2.56. The monoisotopic (exact) mass is 272 g/mol. The molecule has 2 aliphatic rings. The Morgan fingerprint density at radius 3 is 2.47 bits per heavy atom. The van der Waals surface area contributed by atoms with Crippen molar-refractivity contribution >= 4 is 5.78 Å². The van der Waals surface area contributed by atoms with E-state index >= 15 is 0 Å². The minimum Gasteiger partial charge on any atom is -0.299 e. The molecule has 0 amide bonds. The maximum atomic E-state index is 13.3. The van der Waals surface area contributed by atoms with Crippen LogP contribution >= 0.6 is 0 Å². The van der Waals surface area contributed by atoms with Crippen molar-refractivity contribution in [2.45, 2.75) is 71.6 Å². The first kappa shape index (κ1) is 14.9. The van der Waals surface area contributed by atoms with E-state index in [-0.39, 0.29) is 30.1 Å². The molecule has 110 valence electrons. The molecule has 0 spiro atoms. The molecule has 19 heavy (non-hydrogen) atoms. The SMILES string of the molecule is CC1CCC(C(C)(C)CC2CCC(F)(F)C2)C(=O)C1. The summed E-state index contributed by atoms with van der Waals surface area (Å²) >= 11 is 0. The van der Waals surface area contributed by atoms with Crippen LogP contribution in [0.5, 0.6) is 0 Å². The quantitative estimate of drug-likeness (QED) is 0.718. The number of rotatable bonds is 3. The lowest BCUT2D eigenvalue weighted by molar-refractivity contribution is -0.130. The van der Waals surface area contributed by atoms with Crippen molar-refractivity contribution in [1.29, 1.82) is 0 Å². The van der Waals surface area contributed by atoms with E-state index in [1.54, 1.807) is 0 Å². The van der Waals surface area contributed by atoms with Crippen LogP contribution in [0.4, 0.5) is 8.78 Å². The minimum absolute atomic E-state index is 0.0216. The zero-order valence-corrected chi connectivity index (χ0v) is 12.3. The van der Waals surface area contributed by atoms with Gasteiger partial charge in [-0.2, -0.15) is 0 Å². The van der Waals surface area contributed by atoms with Gasteiger partial charge in [-0.3, -0.25) is 4.79 Å². The van der Waals surface area contributed by atoms with Crippen LogP contribution in [0.3, 0.4) is 0 Å². The van der Waals surface area contributed by atoms with Gasteiger partial charge in [-0.25, -0.2) is 8.78 Å². The van der Waals surface area contributed by atoms with E-state index in [0.717, 1.165) is 19.3 Å². The Morgan fingerprint density at radius 1 is 1.26 bits per heavy atom. The maximum absolute atomic E-state index is 13.3. The zero-order valence-electron chi connectivity index (χ0n) is 12.3. The van der Waals surface area contributed by atoms with Gasteiger partial charge in [-0.15, -0.1) is 0 Å². The third kappa shape index (κ3) is 3.55. The lowest BCUT2D eigenvalue weighted by Crippen LogP contribution is -2.36. The molecule has 3 atom stereocenters. The molecule has 2 rings (SSSR count). The number of alkyl halides is 2. The Morgan fingerprint density at radius 2 is 1.95 bits per heavy atom. The highest BCUT2D eigenvalue weighted by Gasteiger charge is 2.44. The molecule has 0 aromatic heterocycles. The standard InChI is InChI=1S/C16H26F2O/c1-11-4-5-13(14(19)8-11)15(2,3)9-12-6-7-16(17,18)10-12/h11-13H,4-10H2,1-3H3. The van der Waals surface area contributed by atoms with Gasteiger partial charge in [0.15, 0.2) is 0 Å². The summed E-state index contributed by atoms with van der Waals surface area (Å²) in [7, 11) is 0. The topological polar surface area (TPSA) is 17.1 Å². The number of halogens is 2. The van der Waals surface area contributed by atoms with Crippen molar-refractivity contribution in [1.82, 2.24) is 0 Å². The van der Waals surface area contributed by atoms with Gasteiger partial charge in [0.05, 0.1) is 0 Å². The number of ketones is 1. The van der Waals surface area contributed by atoms with Crippen molar-refractivity contribution in [3.63, 3.8) is 0 Å². The summed E-state index contributed by atoms with van der Waals surface area (Å²) in [4.78, 5) is 12.2. The highest BCUT2D eigenvalue weighted by Crippen LogP contribution is 2.48. The van der Waals surface area contributed by atoms with Crippen LogP contribution in [0.25, 0.3) is 0 Å². The Bertz CT molecular complexity index is 349. The first-order chi connectivity index (χ1) is 8.70. The van der Waals surface area contributed by atoms with Gasteiger partial charge in [0.2, 0.25) is 5.92 Å². The number of hydrogen-bond donors (Lipinski definition) is 0. The average molecular weight is 272 g/mol. The minimum atomic E-state index is -2.47. The highest BCUT2D eigenvalue weighted by molar-refractivity contribution is 5.82. The summed E-state index contributed by atoms with van der Waals surface area (Å²) in [5.74, 6) is -1.44. The van der Waals surface area contributed by atoms with E-state index < -0.39 is 5.92 Å². The fourth-order valence-electron chi connectivity index (χ4n) is 4.13. The van der Waals surface area contributed by atoms with Gasteiger partial charge in [0, 0.05) is 25.2 Å². The molecule has 0 heterocycles. The Kier molecular flexibility index (Phi) is 4.04.